The third kappa shape index (κ3) is 2.50. The van der Waals surface area contributed by atoms with Crippen molar-refractivity contribution in [2.45, 2.75) is 11.8 Å². The van der Waals surface area contributed by atoms with E-state index in [0.29, 0.717) is 5.76 Å². The Labute approximate surface area is 117 Å². The smallest absolute Gasteiger partial charge is 0.265 e. The third-order valence-electron chi connectivity index (χ3n) is 2.04. The molecule has 0 amide bonds. The number of nitrogens with zero attached hydrogens (tertiary/aromatic N) is 2. The highest BCUT2D eigenvalue weighted by Crippen LogP contribution is 2.27. The second-order valence-electron chi connectivity index (χ2n) is 3.30. The highest BCUT2D eigenvalue weighted by Gasteiger charge is 2.22. The van der Waals surface area contributed by atoms with Crippen molar-refractivity contribution in [2.75, 3.05) is 4.72 Å². The van der Waals surface area contributed by atoms with E-state index in [1.807, 2.05) is 0 Å². The molecular formula is C9H7BrClN3O3S. The highest BCUT2D eigenvalue weighted by atomic mass is 79.9. The fourth-order valence-corrected chi connectivity index (χ4v) is 3.28. The van der Waals surface area contributed by atoms with E-state index < -0.39 is 10.0 Å². The summed E-state index contributed by atoms with van der Waals surface area (Å²) in [5.41, 5.74) is 0. The molecule has 0 aromatic carbocycles. The van der Waals surface area contributed by atoms with Crippen molar-refractivity contribution in [2.24, 2.45) is 0 Å². The SMILES string of the molecule is Cc1onc(NS(=O)(=O)c2cccnc2Br)c1Cl. The molecule has 6 nitrogen and oxygen atoms in total. The van der Waals surface area contributed by atoms with E-state index in [-0.39, 0.29) is 20.3 Å². The average Bonchev–Trinajstić information content (AvgIpc) is 2.61. The Morgan fingerprint density at radius 2 is 2.22 bits per heavy atom. The van der Waals surface area contributed by atoms with Crippen LogP contribution in [-0.4, -0.2) is 18.6 Å². The summed E-state index contributed by atoms with van der Waals surface area (Å²) in [5, 5.41) is 3.65. The summed E-state index contributed by atoms with van der Waals surface area (Å²) in [6.45, 7) is 1.58. The predicted octanol–water partition coefficient (Wildman–Crippen LogP) is 2.59. The summed E-state index contributed by atoms with van der Waals surface area (Å²) in [6, 6.07) is 2.91. The number of hydrogen-bond donors (Lipinski definition) is 1. The highest BCUT2D eigenvalue weighted by molar-refractivity contribution is 9.10. The van der Waals surface area contributed by atoms with Gasteiger partial charge in [0.2, 0.25) is 5.82 Å². The summed E-state index contributed by atoms with van der Waals surface area (Å²) >= 11 is 8.89. The maximum atomic E-state index is 12.1. The minimum Gasteiger partial charge on any atom is -0.358 e. The van der Waals surface area contributed by atoms with Gasteiger partial charge in [-0.2, -0.15) is 0 Å². The van der Waals surface area contributed by atoms with E-state index in [1.54, 1.807) is 6.92 Å². The van der Waals surface area contributed by atoms with Crippen LogP contribution in [0.2, 0.25) is 5.02 Å². The van der Waals surface area contributed by atoms with Gasteiger partial charge >= 0.3 is 0 Å². The van der Waals surface area contributed by atoms with Crippen LogP contribution in [0.15, 0.2) is 32.4 Å². The van der Waals surface area contributed by atoms with Crippen molar-refractivity contribution in [1.82, 2.24) is 10.1 Å². The maximum Gasteiger partial charge on any atom is 0.265 e. The molecule has 0 saturated heterocycles. The molecule has 0 bridgehead atoms. The Kier molecular flexibility index (Phi) is 3.60. The van der Waals surface area contributed by atoms with Crippen molar-refractivity contribution >= 4 is 43.4 Å². The molecule has 0 aliphatic heterocycles. The molecular weight excluding hydrogens is 346 g/mol. The average molecular weight is 353 g/mol. The molecule has 18 heavy (non-hydrogen) atoms. The Morgan fingerprint density at radius 3 is 2.78 bits per heavy atom. The Morgan fingerprint density at radius 1 is 1.50 bits per heavy atom. The molecule has 2 aromatic rings. The molecule has 0 aliphatic rings. The van der Waals surface area contributed by atoms with Crippen LogP contribution in [0.4, 0.5) is 5.82 Å². The molecule has 0 unspecified atom stereocenters. The quantitative estimate of drug-likeness (QED) is 0.858. The fourth-order valence-electron chi connectivity index (χ4n) is 1.18. The van der Waals surface area contributed by atoms with E-state index in [2.05, 4.69) is 30.8 Å². The maximum absolute atomic E-state index is 12.1. The van der Waals surface area contributed by atoms with Gasteiger partial charge < -0.3 is 4.52 Å². The Balaban J connectivity index is 2.40. The van der Waals surface area contributed by atoms with Gasteiger partial charge in [-0.1, -0.05) is 16.8 Å². The lowest BCUT2D eigenvalue weighted by molar-refractivity contribution is 0.400. The van der Waals surface area contributed by atoms with Crippen LogP contribution in [-0.2, 0) is 10.0 Å². The first-order valence-corrected chi connectivity index (χ1v) is 7.32. The molecule has 0 atom stereocenters. The first-order valence-electron chi connectivity index (χ1n) is 4.67. The zero-order valence-electron chi connectivity index (χ0n) is 9.02. The number of halogens is 2. The molecule has 0 aliphatic carbocycles. The number of anilines is 1. The van der Waals surface area contributed by atoms with Gasteiger partial charge in [0.1, 0.15) is 14.5 Å². The number of nitrogens with one attached hydrogen (secondary N) is 1. The summed E-state index contributed by atoms with van der Waals surface area (Å²) in [7, 11) is -3.82. The summed E-state index contributed by atoms with van der Waals surface area (Å²) < 4.78 is 31.3. The van der Waals surface area contributed by atoms with Crippen LogP contribution in [0.5, 0.6) is 0 Å². The van der Waals surface area contributed by atoms with Crippen LogP contribution in [0, 0.1) is 6.92 Å². The molecule has 0 saturated carbocycles. The van der Waals surface area contributed by atoms with Gasteiger partial charge in [0.05, 0.1) is 0 Å². The third-order valence-corrected chi connectivity index (χ3v) is 4.75. The number of aromatic nitrogens is 2. The first-order chi connectivity index (χ1) is 8.42. The molecule has 2 rings (SSSR count). The topological polar surface area (TPSA) is 85.1 Å². The molecule has 0 radical (unpaired) electrons. The van der Waals surface area contributed by atoms with Crippen molar-refractivity contribution < 1.29 is 12.9 Å². The van der Waals surface area contributed by atoms with E-state index in [9.17, 15) is 8.42 Å². The Hall–Kier alpha value is -1.12. The van der Waals surface area contributed by atoms with Gasteiger partial charge in [-0.3, -0.25) is 4.72 Å². The van der Waals surface area contributed by atoms with Crippen molar-refractivity contribution in [3.8, 4) is 0 Å². The molecule has 96 valence electrons. The lowest BCUT2D eigenvalue weighted by Gasteiger charge is -2.06. The lowest BCUT2D eigenvalue weighted by atomic mass is 10.5. The molecule has 9 heteroatoms. The van der Waals surface area contributed by atoms with Crippen molar-refractivity contribution in [3.05, 3.63) is 33.7 Å². The molecule has 2 heterocycles. The van der Waals surface area contributed by atoms with Crippen LogP contribution < -0.4 is 4.72 Å². The van der Waals surface area contributed by atoms with E-state index in [4.69, 9.17) is 16.1 Å². The van der Waals surface area contributed by atoms with Crippen molar-refractivity contribution in [1.29, 1.82) is 0 Å². The Bertz CT molecular complexity index is 686. The van der Waals surface area contributed by atoms with Crippen LogP contribution in [0.25, 0.3) is 0 Å². The zero-order chi connectivity index (χ0) is 13.3. The standard InChI is InChI=1S/C9H7BrClN3O3S/c1-5-7(11)9(13-17-5)14-18(15,16)6-3-2-4-12-8(6)10/h2-4H,1H3,(H,13,14). The molecule has 1 N–H and O–H groups in total. The van der Waals surface area contributed by atoms with Crippen molar-refractivity contribution in [3.63, 3.8) is 0 Å². The largest absolute Gasteiger partial charge is 0.358 e. The van der Waals surface area contributed by atoms with Crippen LogP contribution >= 0.6 is 27.5 Å². The predicted molar refractivity (Wildman–Crippen MR) is 69.0 cm³/mol. The van der Waals surface area contributed by atoms with Gasteiger partial charge in [-0.15, -0.1) is 0 Å². The first kappa shape index (κ1) is 13.3. The second kappa shape index (κ2) is 4.87. The lowest BCUT2D eigenvalue weighted by Crippen LogP contribution is -2.14. The second-order valence-corrected chi connectivity index (χ2v) is 6.08. The summed E-state index contributed by atoms with van der Waals surface area (Å²) in [6.07, 6.45) is 1.47. The number of sulfonamides is 1. The zero-order valence-corrected chi connectivity index (χ0v) is 12.2. The van der Waals surface area contributed by atoms with Gasteiger partial charge in [0, 0.05) is 6.20 Å². The van der Waals surface area contributed by atoms with Gasteiger partial charge in [0.15, 0.2) is 5.76 Å². The summed E-state index contributed by atoms with van der Waals surface area (Å²) in [5.74, 6) is 0.282. The molecule has 2 aromatic heterocycles. The van der Waals surface area contributed by atoms with Gasteiger partial charge in [-0.05, 0) is 35.0 Å². The van der Waals surface area contributed by atoms with Crippen LogP contribution in [0.1, 0.15) is 5.76 Å². The minimum atomic E-state index is -3.82. The number of pyridine rings is 1. The number of hydrogen-bond acceptors (Lipinski definition) is 5. The van der Waals surface area contributed by atoms with E-state index in [0.717, 1.165) is 0 Å². The van der Waals surface area contributed by atoms with Gasteiger partial charge in [0.25, 0.3) is 10.0 Å². The van der Waals surface area contributed by atoms with Gasteiger partial charge in [-0.25, -0.2) is 13.4 Å². The monoisotopic (exact) mass is 351 g/mol. The molecule has 0 spiro atoms. The normalized spacial score (nSPS) is 11.5. The fraction of sp³-hybridized carbons (Fsp3) is 0.111. The number of rotatable bonds is 3. The van der Waals surface area contributed by atoms with E-state index in [1.165, 1.54) is 18.3 Å². The van der Waals surface area contributed by atoms with E-state index >= 15 is 0 Å². The van der Waals surface area contributed by atoms with Crippen LogP contribution in [0.3, 0.4) is 0 Å². The molecule has 0 fully saturated rings. The summed E-state index contributed by atoms with van der Waals surface area (Å²) in [4.78, 5) is 3.82. The minimum absolute atomic E-state index is 0.0123. The number of aryl methyl sites for hydroxylation is 1.